The molecule has 1 aliphatic carbocycles. The average molecular weight is 346 g/mol. The van der Waals surface area contributed by atoms with Crippen molar-refractivity contribution in [3.05, 3.63) is 23.8 Å². The maximum Gasteiger partial charge on any atom is 0.498 e. The van der Waals surface area contributed by atoms with Gasteiger partial charge < -0.3 is 18.8 Å². The van der Waals surface area contributed by atoms with Gasteiger partial charge in [0.1, 0.15) is 5.75 Å². The van der Waals surface area contributed by atoms with Crippen LogP contribution in [-0.2, 0) is 18.8 Å². The molecule has 1 aliphatic heterocycles. The van der Waals surface area contributed by atoms with Crippen LogP contribution in [0.15, 0.2) is 18.2 Å². The van der Waals surface area contributed by atoms with Crippen molar-refractivity contribution in [3.8, 4) is 5.75 Å². The molecule has 0 radical (unpaired) electrons. The van der Waals surface area contributed by atoms with E-state index in [0.717, 1.165) is 23.2 Å². The van der Waals surface area contributed by atoms with Gasteiger partial charge in [0.2, 0.25) is 0 Å². The second-order valence-corrected chi connectivity index (χ2v) is 7.79. The largest absolute Gasteiger partial charge is 0.498 e. The Morgan fingerprint density at radius 2 is 1.88 bits per heavy atom. The first-order valence-electron chi connectivity index (χ1n) is 8.90. The van der Waals surface area contributed by atoms with Crippen LogP contribution in [0.4, 0.5) is 0 Å². The molecule has 2 atom stereocenters. The van der Waals surface area contributed by atoms with Crippen LogP contribution < -0.4 is 10.2 Å². The summed E-state index contributed by atoms with van der Waals surface area (Å²) in [6.07, 6.45) is 0.827. The normalized spacial score (nSPS) is 26.4. The first kappa shape index (κ1) is 18.3. The Kier molecular flexibility index (Phi) is 4.62. The number of esters is 1. The van der Waals surface area contributed by atoms with Crippen molar-refractivity contribution in [2.45, 2.75) is 58.2 Å². The number of carbonyl (C=O) groups excluding carboxylic acids is 1. The maximum absolute atomic E-state index is 11.9. The van der Waals surface area contributed by atoms with Crippen molar-refractivity contribution in [3.63, 3.8) is 0 Å². The minimum atomic E-state index is -0.486. The molecule has 1 aromatic rings. The number of carbonyl (C=O) groups is 1. The first-order valence-corrected chi connectivity index (χ1v) is 8.90. The van der Waals surface area contributed by atoms with Gasteiger partial charge in [-0.2, -0.15) is 0 Å². The first-order chi connectivity index (χ1) is 11.7. The lowest BCUT2D eigenvalue weighted by molar-refractivity contribution is -0.144. The molecule has 1 saturated heterocycles. The van der Waals surface area contributed by atoms with Crippen LogP contribution >= 0.6 is 0 Å². The fourth-order valence-electron chi connectivity index (χ4n) is 3.21. The SMILES string of the molecule is CCOC(=O)C1CC1c1ccc(OC)c(B2OC(C)(C)C(C)(C)O2)c1. The van der Waals surface area contributed by atoms with E-state index in [1.165, 1.54) is 0 Å². The standard InChI is InChI=1S/C19H27BO5/c1-7-23-17(21)14-11-13(14)12-8-9-16(22-6)15(10-12)20-24-18(2,3)19(4,5)25-20/h8-10,13-14H,7,11H2,1-6H3. The lowest BCUT2D eigenvalue weighted by atomic mass is 9.77. The van der Waals surface area contributed by atoms with Gasteiger partial charge in [-0.15, -0.1) is 0 Å². The van der Waals surface area contributed by atoms with Crippen LogP contribution in [0.25, 0.3) is 0 Å². The monoisotopic (exact) mass is 346 g/mol. The van der Waals surface area contributed by atoms with Gasteiger partial charge in [-0.25, -0.2) is 0 Å². The molecule has 25 heavy (non-hydrogen) atoms. The van der Waals surface area contributed by atoms with E-state index in [1.54, 1.807) is 7.11 Å². The number of hydrogen-bond donors (Lipinski definition) is 0. The van der Waals surface area contributed by atoms with Gasteiger partial charge >= 0.3 is 13.1 Å². The molecular weight excluding hydrogens is 319 g/mol. The number of benzene rings is 1. The number of methoxy groups -OCH3 is 1. The lowest BCUT2D eigenvalue weighted by Gasteiger charge is -2.32. The lowest BCUT2D eigenvalue weighted by Crippen LogP contribution is -2.41. The molecule has 2 unspecified atom stereocenters. The summed E-state index contributed by atoms with van der Waals surface area (Å²) in [6, 6.07) is 5.98. The summed E-state index contributed by atoms with van der Waals surface area (Å²) in [5.41, 5.74) is 1.15. The van der Waals surface area contributed by atoms with Crippen LogP contribution in [-0.4, -0.2) is 38.0 Å². The second-order valence-electron chi connectivity index (χ2n) is 7.79. The number of hydrogen-bond acceptors (Lipinski definition) is 5. The molecule has 0 spiro atoms. The van der Waals surface area contributed by atoms with Crippen LogP contribution in [0, 0.1) is 5.92 Å². The average Bonchev–Trinajstić information content (AvgIpc) is 3.30. The van der Waals surface area contributed by atoms with E-state index in [-0.39, 0.29) is 17.8 Å². The molecule has 2 aliphatic rings. The third-order valence-corrected chi connectivity index (χ3v) is 5.57. The van der Waals surface area contributed by atoms with E-state index in [9.17, 15) is 4.79 Å². The topological polar surface area (TPSA) is 54.0 Å². The van der Waals surface area contributed by atoms with Gasteiger partial charge in [0.15, 0.2) is 0 Å². The van der Waals surface area contributed by atoms with Crippen LogP contribution in [0.3, 0.4) is 0 Å². The van der Waals surface area contributed by atoms with E-state index < -0.39 is 18.3 Å². The van der Waals surface area contributed by atoms with Crippen molar-refractivity contribution in [1.29, 1.82) is 0 Å². The molecular formula is C19H27BO5. The van der Waals surface area contributed by atoms with E-state index in [1.807, 2.05) is 52.8 Å². The van der Waals surface area contributed by atoms with Gasteiger partial charge in [0, 0.05) is 5.46 Å². The van der Waals surface area contributed by atoms with E-state index in [4.69, 9.17) is 18.8 Å². The predicted octanol–water partition coefficient (Wildman–Crippen LogP) is 2.66. The zero-order chi connectivity index (χ0) is 18.4. The highest BCUT2D eigenvalue weighted by Crippen LogP contribution is 2.48. The van der Waals surface area contributed by atoms with Crippen LogP contribution in [0.1, 0.15) is 52.5 Å². The van der Waals surface area contributed by atoms with Crippen molar-refractivity contribution in [1.82, 2.24) is 0 Å². The quantitative estimate of drug-likeness (QED) is 0.606. The Morgan fingerprint density at radius 3 is 2.44 bits per heavy atom. The summed E-state index contributed by atoms with van der Waals surface area (Å²) in [5.74, 6) is 0.779. The summed E-state index contributed by atoms with van der Waals surface area (Å²) in [4.78, 5) is 11.9. The van der Waals surface area contributed by atoms with Crippen molar-refractivity contribution in [2.75, 3.05) is 13.7 Å². The Labute approximate surface area is 150 Å². The van der Waals surface area contributed by atoms with Gasteiger partial charge in [-0.05, 0) is 58.6 Å². The highest BCUT2D eigenvalue weighted by Gasteiger charge is 2.53. The zero-order valence-electron chi connectivity index (χ0n) is 15.9. The molecule has 0 aromatic heterocycles. The number of rotatable bonds is 5. The van der Waals surface area contributed by atoms with E-state index in [2.05, 4.69) is 0 Å². The number of ether oxygens (including phenoxy) is 2. The smallest absolute Gasteiger partial charge is 0.497 e. The van der Waals surface area contributed by atoms with Gasteiger partial charge in [0.25, 0.3) is 0 Å². The minimum Gasteiger partial charge on any atom is -0.497 e. The van der Waals surface area contributed by atoms with Crippen molar-refractivity contribution >= 4 is 18.6 Å². The van der Waals surface area contributed by atoms with Crippen molar-refractivity contribution < 1.29 is 23.6 Å². The van der Waals surface area contributed by atoms with Gasteiger partial charge in [-0.3, -0.25) is 4.79 Å². The van der Waals surface area contributed by atoms with Gasteiger partial charge in [-0.1, -0.05) is 12.1 Å². The molecule has 1 aromatic carbocycles. The fourth-order valence-corrected chi connectivity index (χ4v) is 3.21. The third kappa shape index (κ3) is 3.29. The Hall–Kier alpha value is -1.53. The zero-order valence-corrected chi connectivity index (χ0v) is 15.9. The Morgan fingerprint density at radius 1 is 1.24 bits per heavy atom. The molecule has 136 valence electrons. The fraction of sp³-hybridized carbons (Fsp3) is 0.632. The summed E-state index contributed by atoms with van der Waals surface area (Å²) < 4.78 is 23.0. The van der Waals surface area contributed by atoms with E-state index in [0.29, 0.717) is 6.61 Å². The third-order valence-electron chi connectivity index (χ3n) is 5.57. The van der Waals surface area contributed by atoms with Gasteiger partial charge in [0.05, 0.1) is 30.8 Å². The Balaban J connectivity index is 1.84. The molecule has 6 heteroatoms. The van der Waals surface area contributed by atoms with Crippen molar-refractivity contribution in [2.24, 2.45) is 5.92 Å². The molecule has 1 saturated carbocycles. The van der Waals surface area contributed by atoms with E-state index >= 15 is 0 Å². The highest BCUT2D eigenvalue weighted by molar-refractivity contribution is 6.63. The summed E-state index contributed by atoms with van der Waals surface area (Å²) >= 11 is 0. The minimum absolute atomic E-state index is 0.0421. The maximum atomic E-state index is 11.9. The van der Waals surface area contributed by atoms with Crippen LogP contribution in [0.2, 0.25) is 0 Å². The molecule has 5 nitrogen and oxygen atoms in total. The summed E-state index contributed by atoms with van der Waals surface area (Å²) in [5, 5.41) is 0. The molecule has 3 rings (SSSR count). The predicted molar refractivity (Wildman–Crippen MR) is 96.2 cm³/mol. The summed E-state index contributed by atoms with van der Waals surface area (Å²) in [6.45, 7) is 10.4. The Bertz CT molecular complexity index is 654. The molecule has 1 heterocycles. The summed E-state index contributed by atoms with van der Waals surface area (Å²) in [7, 11) is 1.15. The molecule has 0 bridgehead atoms. The molecule has 2 fully saturated rings. The molecule has 0 amide bonds. The second kappa shape index (κ2) is 6.33. The highest BCUT2D eigenvalue weighted by atomic mass is 16.7. The van der Waals surface area contributed by atoms with Crippen LogP contribution in [0.5, 0.6) is 5.75 Å². The molecule has 0 N–H and O–H groups in total.